The highest BCUT2D eigenvalue weighted by atomic mass is 79.9. The Kier molecular flexibility index (Phi) is 3.97. The van der Waals surface area contributed by atoms with Crippen LogP contribution in [0.5, 0.6) is 0 Å². The van der Waals surface area contributed by atoms with Gasteiger partial charge in [-0.15, -0.1) is 0 Å². The minimum absolute atomic E-state index is 0.103. The van der Waals surface area contributed by atoms with Crippen LogP contribution in [-0.2, 0) is 15.7 Å². The van der Waals surface area contributed by atoms with E-state index >= 15 is 0 Å². The lowest BCUT2D eigenvalue weighted by Crippen LogP contribution is -2.47. The van der Waals surface area contributed by atoms with Crippen LogP contribution < -0.4 is 5.32 Å². The van der Waals surface area contributed by atoms with Gasteiger partial charge in [-0.05, 0) is 18.2 Å². The van der Waals surface area contributed by atoms with Gasteiger partial charge >= 0.3 is 12.1 Å². The first-order valence-corrected chi connectivity index (χ1v) is 6.50. The van der Waals surface area contributed by atoms with E-state index in [1.807, 2.05) is 0 Å². The molecular weight excluding hydrogens is 343 g/mol. The van der Waals surface area contributed by atoms with E-state index < -0.39 is 23.2 Å². The van der Waals surface area contributed by atoms with Crippen molar-refractivity contribution in [3.63, 3.8) is 0 Å². The number of aliphatic carboxylic acids is 1. The minimum atomic E-state index is -4.57. The number of hydrogen-bond acceptors (Lipinski definition) is 3. The maximum absolute atomic E-state index is 12.9. The Morgan fingerprint density at radius 2 is 2.15 bits per heavy atom. The van der Waals surface area contributed by atoms with Crippen LogP contribution in [0.3, 0.4) is 0 Å². The van der Waals surface area contributed by atoms with Gasteiger partial charge in [-0.1, -0.05) is 15.9 Å². The molecule has 0 bridgehead atoms. The number of benzene rings is 1. The van der Waals surface area contributed by atoms with Crippen LogP contribution in [0.4, 0.5) is 18.9 Å². The second-order valence-electron chi connectivity index (χ2n) is 4.50. The molecule has 2 N–H and O–H groups in total. The predicted molar refractivity (Wildman–Crippen MR) is 68.6 cm³/mol. The molecule has 1 aliphatic rings. The van der Waals surface area contributed by atoms with E-state index in [9.17, 15) is 23.1 Å². The molecule has 0 spiro atoms. The molecule has 1 aromatic carbocycles. The van der Waals surface area contributed by atoms with Gasteiger partial charge in [0.1, 0.15) is 0 Å². The van der Waals surface area contributed by atoms with Gasteiger partial charge in [-0.3, -0.25) is 0 Å². The highest BCUT2D eigenvalue weighted by Gasteiger charge is 2.44. The molecule has 4 nitrogen and oxygen atoms in total. The van der Waals surface area contributed by atoms with Crippen molar-refractivity contribution in [2.75, 3.05) is 18.5 Å². The zero-order chi connectivity index (χ0) is 15.0. The van der Waals surface area contributed by atoms with E-state index in [-0.39, 0.29) is 25.3 Å². The SMILES string of the molecule is O=C(O)C1(Nc2cc(Br)ccc2C(F)(F)F)CCOC1. The smallest absolute Gasteiger partial charge is 0.418 e. The number of carboxylic acid groups (broad SMARTS) is 1. The normalized spacial score (nSPS) is 22.8. The molecule has 2 rings (SSSR count). The zero-order valence-corrected chi connectivity index (χ0v) is 11.7. The van der Waals surface area contributed by atoms with Crippen LogP contribution in [0.25, 0.3) is 0 Å². The molecule has 8 heteroatoms. The highest BCUT2D eigenvalue weighted by Crippen LogP contribution is 2.38. The van der Waals surface area contributed by atoms with Crippen LogP contribution in [0.1, 0.15) is 12.0 Å². The summed E-state index contributed by atoms with van der Waals surface area (Å²) in [6, 6.07) is 3.37. The fourth-order valence-corrected chi connectivity index (χ4v) is 2.37. The fraction of sp³-hybridized carbons (Fsp3) is 0.417. The number of carbonyl (C=O) groups is 1. The van der Waals surface area contributed by atoms with Gasteiger partial charge in [-0.2, -0.15) is 13.2 Å². The van der Waals surface area contributed by atoms with Crippen LogP contribution in [0.2, 0.25) is 0 Å². The second-order valence-corrected chi connectivity index (χ2v) is 5.42. The Balaban J connectivity index is 2.42. The van der Waals surface area contributed by atoms with E-state index in [1.54, 1.807) is 0 Å². The van der Waals surface area contributed by atoms with E-state index in [1.165, 1.54) is 12.1 Å². The predicted octanol–water partition coefficient (Wildman–Crippen LogP) is 3.12. The van der Waals surface area contributed by atoms with E-state index in [0.29, 0.717) is 4.47 Å². The Hall–Kier alpha value is -1.28. The van der Waals surface area contributed by atoms with Gasteiger partial charge in [0, 0.05) is 23.2 Å². The van der Waals surface area contributed by atoms with Crippen molar-refractivity contribution in [1.29, 1.82) is 0 Å². The molecule has 1 unspecified atom stereocenters. The first-order valence-electron chi connectivity index (χ1n) is 5.71. The molecule has 1 aromatic rings. The number of carboxylic acids is 1. The van der Waals surface area contributed by atoms with Crippen LogP contribution in [0, 0.1) is 0 Å². The standard InChI is InChI=1S/C12H11BrF3NO3/c13-7-1-2-8(12(14,15)16)9(5-7)17-11(10(18)19)3-4-20-6-11/h1-2,5,17H,3-4,6H2,(H,18,19). The topological polar surface area (TPSA) is 58.6 Å². The van der Waals surface area contributed by atoms with Crippen LogP contribution >= 0.6 is 15.9 Å². The third-order valence-electron chi connectivity index (χ3n) is 3.09. The highest BCUT2D eigenvalue weighted by molar-refractivity contribution is 9.10. The zero-order valence-electron chi connectivity index (χ0n) is 10.1. The summed E-state index contributed by atoms with van der Waals surface area (Å²) in [5.74, 6) is -1.23. The van der Waals surface area contributed by atoms with Crippen molar-refractivity contribution in [1.82, 2.24) is 0 Å². The molecular formula is C12H11BrF3NO3. The Morgan fingerprint density at radius 1 is 1.45 bits per heavy atom. The molecule has 1 atom stereocenters. The van der Waals surface area contributed by atoms with E-state index in [0.717, 1.165) is 6.07 Å². The molecule has 110 valence electrons. The number of hydrogen-bond donors (Lipinski definition) is 2. The molecule has 1 aliphatic heterocycles. The van der Waals surface area contributed by atoms with Crippen molar-refractivity contribution in [3.8, 4) is 0 Å². The summed E-state index contributed by atoms with van der Waals surface area (Å²) < 4.78 is 44.3. The molecule has 0 amide bonds. The molecule has 0 aliphatic carbocycles. The van der Waals surface area contributed by atoms with Gasteiger partial charge in [0.15, 0.2) is 5.54 Å². The Morgan fingerprint density at radius 3 is 2.65 bits per heavy atom. The average molecular weight is 354 g/mol. The average Bonchev–Trinajstić information content (AvgIpc) is 2.77. The lowest BCUT2D eigenvalue weighted by atomic mass is 9.97. The van der Waals surface area contributed by atoms with E-state index in [4.69, 9.17) is 4.74 Å². The monoisotopic (exact) mass is 353 g/mol. The Bertz CT molecular complexity index is 527. The van der Waals surface area contributed by atoms with Crippen molar-refractivity contribution < 1.29 is 27.8 Å². The van der Waals surface area contributed by atoms with Gasteiger partial charge in [0.25, 0.3) is 0 Å². The molecule has 1 heterocycles. The van der Waals surface area contributed by atoms with Crippen LogP contribution in [-0.4, -0.2) is 29.8 Å². The second kappa shape index (κ2) is 5.25. The third kappa shape index (κ3) is 2.90. The first kappa shape index (κ1) is 15.1. The van der Waals surface area contributed by atoms with Crippen molar-refractivity contribution in [2.45, 2.75) is 18.1 Å². The summed E-state index contributed by atoms with van der Waals surface area (Å²) in [5, 5.41) is 11.7. The number of nitrogens with one attached hydrogen (secondary N) is 1. The van der Waals surface area contributed by atoms with Crippen molar-refractivity contribution in [2.24, 2.45) is 0 Å². The van der Waals surface area contributed by atoms with Gasteiger partial charge in [0.05, 0.1) is 12.2 Å². The van der Waals surface area contributed by atoms with Gasteiger partial charge in [0.2, 0.25) is 0 Å². The minimum Gasteiger partial charge on any atom is -0.479 e. The number of anilines is 1. The fourth-order valence-electron chi connectivity index (χ4n) is 2.01. The Labute approximate surface area is 121 Å². The van der Waals surface area contributed by atoms with Gasteiger partial charge < -0.3 is 15.2 Å². The molecule has 0 saturated carbocycles. The quantitative estimate of drug-likeness (QED) is 0.876. The van der Waals surface area contributed by atoms with Crippen molar-refractivity contribution >= 4 is 27.6 Å². The third-order valence-corrected chi connectivity index (χ3v) is 3.59. The van der Waals surface area contributed by atoms with Crippen molar-refractivity contribution in [3.05, 3.63) is 28.2 Å². The van der Waals surface area contributed by atoms with Gasteiger partial charge in [-0.25, -0.2) is 4.79 Å². The molecule has 1 fully saturated rings. The molecule has 20 heavy (non-hydrogen) atoms. The number of halogens is 4. The summed E-state index contributed by atoms with van der Waals surface area (Å²) in [5.41, 5.74) is -2.71. The maximum Gasteiger partial charge on any atom is 0.418 e. The summed E-state index contributed by atoms with van der Waals surface area (Å²) in [7, 11) is 0. The summed E-state index contributed by atoms with van der Waals surface area (Å²) in [6.07, 6.45) is -4.46. The molecule has 0 radical (unpaired) electrons. The number of rotatable bonds is 3. The molecule has 0 aromatic heterocycles. The number of alkyl halides is 3. The first-order chi connectivity index (χ1) is 9.24. The largest absolute Gasteiger partial charge is 0.479 e. The molecule has 1 saturated heterocycles. The lowest BCUT2D eigenvalue weighted by Gasteiger charge is -2.27. The summed E-state index contributed by atoms with van der Waals surface area (Å²) >= 11 is 3.08. The van der Waals surface area contributed by atoms with E-state index in [2.05, 4.69) is 21.2 Å². The summed E-state index contributed by atoms with van der Waals surface area (Å²) in [6.45, 7) is 0.0147. The number of ether oxygens (including phenoxy) is 1. The van der Waals surface area contributed by atoms with Crippen LogP contribution in [0.15, 0.2) is 22.7 Å². The maximum atomic E-state index is 12.9. The summed E-state index contributed by atoms with van der Waals surface area (Å²) in [4.78, 5) is 11.3. The lowest BCUT2D eigenvalue weighted by molar-refractivity contribution is -0.143.